The van der Waals surface area contributed by atoms with Crippen LogP contribution in [0.15, 0.2) is 18.7 Å². The molecular weight excluding hydrogens is 266 g/mol. The zero-order valence-corrected chi connectivity index (χ0v) is 12.2. The number of nitrogens with two attached hydrogens (primary N) is 1. The number of anilines is 2. The first kappa shape index (κ1) is 13.8. The van der Waals surface area contributed by atoms with E-state index in [0.717, 1.165) is 12.3 Å². The van der Waals surface area contributed by atoms with Crippen LogP contribution in [0.3, 0.4) is 0 Å². The molecule has 3 rings (SSSR count). The van der Waals surface area contributed by atoms with E-state index < -0.39 is 0 Å². The van der Waals surface area contributed by atoms with E-state index >= 15 is 0 Å². The van der Waals surface area contributed by atoms with E-state index in [1.807, 2.05) is 0 Å². The number of aromatic nitrogens is 5. The van der Waals surface area contributed by atoms with Gasteiger partial charge >= 0.3 is 0 Å². The Morgan fingerprint density at radius 2 is 2.24 bits per heavy atom. The Bertz CT molecular complexity index is 581. The second-order valence-electron chi connectivity index (χ2n) is 5.57. The first-order valence-electron chi connectivity index (χ1n) is 7.51. The molecule has 1 aliphatic rings. The Morgan fingerprint density at radius 1 is 1.33 bits per heavy atom. The number of nitrogens with zero attached hydrogens (tertiary/aromatic N) is 5. The molecule has 0 amide bonds. The van der Waals surface area contributed by atoms with Gasteiger partial charge in [-0.25, -0.2) is 4.98 Å². The molecule has 1 aliphatic carbocycles. The highest BCUT2D eigenvalue weighted by atomic mass is 15.3. The molecule has 2 heterocycles. The van der Waals surface area contributed by atoms with Crippen molar-refractivity contribution in [2.24, 2.45) is 5.92 Å². The Balaban J connectivity index is 1.76. The maximum Gasteiger partial charge on any atom is 0.241 e. The van der Waals surface area contributed by atoms with Gasteiger partial charge in [0, 0.05) is 18.4 Å². The van der Waals surface area contributed by atoms with Gasteiger partial charge in [-0.05, 0) is 18.8 Å². The second-order valence-corrected chi connectivity index (χ2v) is 5.57. The number of hydrogen-bond donors (Lipinski definition) is 2. The van der Waals surface area contributed by atoms with Gasteiger partial charge in [0.2, 0.25) is 17.8 Å². The van der Waals surface area contributed by atoms with Crippen molar-refractivity contribution >= 4 is 11.9 Å². The van der Waals surface area contributed by atoms with Crippen molar-refractivity contribution in [2.75, 3.05) is 11.1 Å². The number of nitrogen functional groups attached to an aromatic ring is 1. The molecular formula is C14H21N7. The summed E-state index contributed by atoms with van der Waals surface area (Å²) in [7, 11) is 0. The second kappa shape index (κ2) is 6.07. The quantitative estimate of drug-likeness (QED) is 0.893. The zero-order chi connectivity index (χ0) is 14.7. The summed E-state index contributed by atoms with van der Waals surface area (Å²) in [4.78, 5) is 16.8. The Morgan fingerprint density at radius 3 is 3.00 bits per heavy atom. The smallest absolute Gasteiger partial charge is 0.241 e. The topological polar surface area (TPSA) is 94.5 Å². The number of hydrogen-bond acceptors (Lipinski definition) is 6. The van der Waals surface area contributed by atoms with Crippen LogP contribution in [0, 0.1) is 5.92 Å². The van der Waals surface area contributed by atoms with E-state index in [9.17, 15) is 0 Å². The Hall–Kier alpha value is -2.18. The van der Waals surface area contributed by atoms with Gasteiger partial charge in [-0.3, -0.25) is 4.57 Å². The lowest BCUT2D eigenvalue weighted by atomic mass is 9.84. The van der Waals surface area contributed by atoms with Crippen molar-refractivity contribution in [2.45, 2.75) is 45.1 Å². The molecule has 112 valence electrons. The van der Waals surface area contributed by atoms with Gasteiger partial charge in [0.25, 0.3) is 0 Å². The van der Waals surface area contributed by atoms with Crippen LogP contribution in [0.4, 0.5) is 11.9 Å². The van der Waals surface area contributed by atoms with Crippen LogP contribution in [0.25, 0.3) is 5.95 Å². The van der Waals surface area contributed by atoms with Gasteiger partial charge in [0.15, 0.2) is 0 Å². The average molecular weight is 287 g/mol. The fourth-order valence-corrected chi connectivity index (χ4v) is 2.91. The molecule has 0 aliphatic heterocycles. The maximum absolute atomic E-state index is 5.79. The lowest BCUT2D eigenvalue weighted by molar-refractivity contribution is 0.326. The van der Waals surface area contributed by atoms with Gasteiger partial charge < -0.3 is 11.1 Å². The van der Waals surface area contributed by atoms with Crippen LogP contribution in [-0.4, -0.2) is 30.5 Å². The van der Waals surface area contributed by atoms with E-state index in [-0.39, 0.29) is 5.95 Å². The highest BCUT2D eigenvalue weighted by molar-refractivity contribution is 5.36. The number of nitrogens with one attached hydrogen (secondary N) is 1. The lowest BCUT2D eigenvalue weighted by Crippen LogP contribution is -2.28. The van der Waals surface area contributed by atoms with Crippen LogP contribution in [0.2, 0.25) is 0 Å². The van der Waals surface area contributed by atoms with Gasteiger partial charge in [0.05, 0.1) is 0 Å². The van der Waals surface area contributed by atoms with E-state index in [0.29, 0.717) is 17.9 Å². The van der Waals surface area contributed by atoms with Crippen molar-refractivity contribution in [1.82, 2.24) is 24.5 Å². The molecule has 3 N–H and O–H groups in total. The summed E-state index contributed by atoms with van der Waals surface area (Å²) in [6.07, 6.45) is 11.3. The molecule has 2 unspecified atom stereocenters. The molecule has 7 nitrogen and oxygen atoms in total. The lowest BCUT2D eigenvalue weighted by Gasteiger charge is -2.29. The van der Waals surface area contributed by atoms with Gasteiger partial charge in [0.1, 0.15) is 6.33 Å². The van der Waals surface area contributed by atoms with Crippen LogP contribution in [0.5, 0.6) is 0 Å². The number of imidazole rings is 1. The minimum absolute atomic E-state index is 0.221. The fourth-order valence-electron chi connectivity index (χ4n) is 2.91. The van der Waals surface area contributed by atoms with E-state index in [2.05, 4.69) is 32.2 Å². The molecule has 1 fully saturated rings. The number of rotatable bonds is 4. The molecule has 2 aromatic rings. The largest absolute Gasteiger partial charge is 0.368 e. The summed E-state index contributed by atoms with van der Waals surface area (Å²) >= 11 is 0. The van der Waals surface area contributed by atoms with Crippen LogP contribution in [-0.2, 0) is 0 Å². The van der Waals surface area contributed by atoms with E-state index in [1.165, 1.54) is 25.7 Å². The third kappa shape index (κ3) is 3.29. The Kier molecular flexibility index (Phi) is 3.98. The molecule has 0 spiro atoms. The minimum Gasteiger partial charge on any atom is -0.368 e. The van der Waals surface area contributed by atoms with Gasteiger partial charge in [-0.1, -0.05) is 26.2 Å². The molecule has 21 heavy (non-hydrogen) atoms. The third-order valence-electron chi connectivity index (χ3n) is 4.07. The van der Waals surface area contributed by atoms with Crippen molar-refractivity contribution < 1.29 is 0 Å². The fraction of sp³-hybridized carbons (Fsp3) is 0.571. The normalized spacial score (nSPS) is 22.1. The molecule has 0 aromatic carbocycles. The highest BCUT2D eigenvalue weighted by Crippen LogP contribution is 2.28. The summed E-state index contributed by atoms with van der Waals surface area (Å²) in [6, 6.07) is 0.418. The summed E-state index contributed by atoms with van der Waals surface area (Å²) in [5.41, 5.74) is 5.79. The van der Waals surface area contributed by atoms with E-state index in [1.54, 1.807) is 23.3 Å². The summed E-state index contributed by atoms with van der Waals surface area (Å²) in [5.74, 6) is 2.06. The van der Waals surface area contributed by atoms with E-state index in [4.69, 9.17) is 5.73 Å². The van der Waals surface area contributed by atoms with Crippen LogP contribution >= 0.6 is 0 Å². The van der Waals surface area contributed by atoms with Crippen molar-refractivity contribution in [1.29, 1.82) is 0 Å². The summed E-state index contributed by atoms with van der Waals surface area (Å²) < 4.78 is 1.72. The SMILES string of the molecule is CCC1CCCC(Nc2nc(N)nc(-n3ccnc3)n2)C1. The van der Waals surface area contributed by atoms with Gasteiger partial charge in [-0.15, -0.1) is 0 Å². The predicted octanol–water partition coefficient (Wildman–Crippen LogP) is 2.02. The summed E-state index contributed by atoms with van der Waals surface area (Å²) in [5, 5.41) is 3.41. The van der Waals surface area contributed by atoms with Crippen molar-refractivity contribution in [3.63, 3.8) is 0 Å². The monoisotopic (exact) mass is 287 g/mol. The third-order valence-corrected chi connectivity index (χ3v) is 4.07. The predicted molar refractivity (Wildman–Crippen MR) is 81.0 cm³/mol. The molecule has 1 saturated carbocycles. The zero-order valence-electron chi connectivity index (χ0n) is 12.2. The molecule has 0 saturated heterocycles. The Labute approximate surface area is 124 Å². The minimum atomic E-state index is 0.221. The van der Waals surface area contributed by atoms with Crippen molar-refractivity contribution in [3.05, 3.63) is 18.7 Å². The summed E-state index contributed by atoms with van der Waals surface area (Å²) in [6.45, 7) is 2.26. The molecule has 0 radical (unpaired) electrons. The first-order valence-corrected chi connectivity index (χ1v) is 7.51. The molecule has 2 aromatic heterocycles. The molecule has 2 atom stereocenters. The molecule has 7 heteroatoms. The average Bonchev–Trinajstić information content (AvgIpc) is 3.01. The highest BCUT2D eigenvalue weighted by Gasteiger charge is 2.21. The first-order chi connectivity index (χ1) is 10.2. The van der Waals surface area contributed by atoms with Crippen LogP contribution < -0.4 is 11.1 Å². The standard InChI is InChI=1S/C14H21N7/c1-2-10-4-3-5-11(8-10)17-13-18-12(15)19-14(20-13)21-7-6-16-9-21/h6-7,9-11H,2-5,8H2,1H3,(H3,15,17,18,19,20). The van der Waals surface area contributed by atoms with Crippen LogP contribution in [0.1, 0.15) is 39.0 Å². The van der Waals surface area contributed by atoms with Gasteiger partial charge in [-0.2, -0.15) is 15.0 Å². The molecule has 0 bridgehead atoms. The van der Waals surface area contributed by atoms with Crippen molar-refractivity contribution in [3.8, 4) is 5.95 Å². The maximum atomic E-state index is 5.79.